The number of fused-ring (bicyclic) bond motifs is 6. The van der Waals surface area contributed by atoms with Gasteiger partial charge in [-0.2, -0.15) is 0 Å². The zero-order chi connectivity index (χ0) is 29.7. The summed E-state index contributed by atoms with van der Waals surface area (Å²) in [5.74, 6) is 0. The van der Waals surface area contributed by atoms with E-state index < -0.39 is 0 Å². The minimum atomic E-state index is 0.882. The van der Waals surface area contributed by atoms with Crippen molar-refractivity contribution in [1.29, 1.82) is 0 Å². The fraction of sp³-hybridized carbons (Fsp3) is 0. The van der Waals surface area contributed by atoms with Gasteiger partial charge < -0.3 is 0 Å². The molecule has 0 radical (unpaired) electrons. The van der Waals surface area contributed by atoms with Crippen molar-refractivity contribution in [2.45, 2.75) is 0 Å². The molecule has 5 nitrogen and oxygen atoms in total. The van der Waals surface area contributed by atoms with E-state index in [0.29, 0.717) is 0 Å². The predicted octanol–water partition coefficient (Wildman–Crippen LogP) is 9.67. The quantitative estimate of drug-likeness (QED) is 0.196. The standard InChI is InChI=1S/C40H25N5/c1-2-7-33-26(6-1)11-12-28-20-29(13-14-34(28)33)38-23-30(22-37(44-38)27-15-18-41-19-16-27)31-21-32(25-42-24-31)45-39-10-4-3-8-35(39)36-9-5-17-43-40(36)45/h1-25H. The number of para-hydroxylation sites is 1. The Bertz CT molecular complexity index is 2500. The molecule has 0 unspecified atom stereocenters. The molecule has 0 saturated carbocycles. The average molecular weight is 576 g/mol. The molecule has 9 rings (SSSR count). The molecule has 9 aromatic rings. The van der Waals surface area contributed by atoms with Gasteiger partial charge in [-0.25, -0.2) is 9.97 Å². The van der Waals surface area contributed by atoms with Gasteiger partial charge in [-0.15, -0.1) is 0 Å². The van der Waals surface area contributed by atoms with E-state index in [1.165, 1.54) is 26.9 Å². The van der Waals surface area contributed by atoms with E-state index in [-0.39, 0.29) is 0 Å². The van der Waals surface area contributed by atoms with Crippen molar-refractivity contribution in [3.63, 3.8) is 0 Å². The van der Waals surface area contributed by atoms with Gasteiger partial charge in [0, 0.05) is 52.3 Å². The van der Waals surface area contributed by atoms with Crippen LogP contribution >= 0.6 is 0 Å². The number of benzene rings is 4. The summed E-state index contributed by atoms with van der Waals surface area (Å²) in [6.45, 7) is 0. The highest BCUT2D eigenvalue weighted by molar-refractivity contribution is 6.09. The molecule has 5 heterocycles. The summed E-state index contributed by atoms with van der Waals surface area (Å²) in [4.78, 5) is 18.9. The van der Waals surface area contributed by atoms with Gasteiger partial charge in [-0.3, -0.25) is 14.5 Å². The maximum absolute atomic E-state index is 5.16. The molecule has 0 aliphatic carbocycles. The van der Waals surface area contributed by atoms with Gasteiger partial charge in [0.1, 0.15) is 5.65 Å². The van der Waals surface area contributed by atoms with Crippen molar-refractivity contribution in [2.75, 3.05) is 0 Å². The van der Waals surface area contributed by atoms with Crippen LogP contribution in [0, 0.1) is 0 Å². The molecule has 0 saturated heterocycles. The van der Waals surface area contributed by atoms with Crippen LogP contribution in [0.25, 0.3) is 82.8 Å². The van der Waals surface area contributed by atoms with Crippen LogP contribution in [0.5, 0.6) is 0 Å². The van der Waals surface area contributed by atoms with Crippen LogP contribution < -0.4 is 0 Å². The van der Waals surface area contributed by atoms with E-state index in [1.807, 2.05) is 49.2 Å². The monoisotopic (exact) mass is 575 g/mol. The third kappa shape index (κ3) is 4.25. The van der Waals surface area contributed by atoms with Crippen molar-refractivity contribution >= 4 is 43.5 Å². The molecule has 0 aliphatic rings. The van der Waals surface area contributed by atoms with Crippen LogP contribution in [0.3, 0.4) is 0 Å². The molecule has 0 atom stereocenters. The van der Waals surface area contributed by atoms with Crippen molar-refractivity contribution in [3.05, 3.63) is 152 Å². The van der Waals surface area contributed by atoms with E-state index in [4.69, 9.17) is 15.0 Å². The Morgan fingerprint density at radius 3 is 2.11 bits per heavy atom. The third-order valence-electron chi connectivity index (χ3n) is 8.59. The zero-order valence-electron chi connectivity index (χ0n) is 24.2. The van der Waals surface area contributed by atoms with Crippen LogP contribution in [0.1, 0.15) is 0 Å². The first-order valence-corrected chi connectivity index (χ1v) is 14.9. The first-order chi connectivity index (χ1) is 22.3. The summed E-state index contributed by atoms with van der Waals surface area (Å²) in [7, 11) is 0. The second-order valence-corrected chi connectivity index (χ2v) is 11.2. The lowest BCUT2D eigenvalue weighted by Gasteiger charge is -2.13. The van der Waals surface area contributed by atoms with Gasteiger partial charge in [-0.1, -0.05) is 66.7 Å². The first-order valence-electron chi connectivity index (χ1n) is 14.9. The number of pyridine rings is 4. The predicted molar refractivity (Wildman–Crippen MR) is 183 cm³/mol. The summed E-state index contributed by atoms with van der Waals surface area (Å²) in [6.07, 6.45) is 9.29. The number of aromatic nitrogens is 5. The molecule has 5 heteroatoms. The number of rotatable bonds is 4. The van der Waals surface area contributed by atoms with Crippen LogP contribution in [-0.4, -0.2) is 24.5 Å². The first kappa shape index (κ1) is 25.3. The van der Waals surface area contributed by atoms with E-state index in [9.17, 15) is 0 Å². The Kier molecular flexibility index (Phi) is 5.74. The highest BCUT2D eigenvalue weighted by atomic mass is 15.1. The largest absolute Gasteiger partial charge is 0.292 e. The lowest BCUT2D eigenvalue weighted by atomic mass is 9.97. The molecule has 0 amide bonds. The van der Waals surface area contributed by atoms with Crippen LogP contribution in [0.4, 0.5) is 0 Å². The normalized spacial score (nSPS) is 11.6. The fourth-order valence-corrected chi connectivity index (χ4v) is 6.45. The van der Waals surface area contributed by atoms with E-state index in [1.54, 1.807) is 0 Å². The summed E-state index contributed by atoms with van der Waals surface area (Å²) in [5.41, 5.74) is 8.86. The third-order valence-corrected chi connectivity index (χ3v) is 8.59. The number of nitrogens with zero attached hydrogens (tertiary/aromatic N) is 5. The van der Waals surface area contributed by atoms with Crippen LogP contribution in [0.2, 0.25) is 0 Å². The highest BCUT2D eigenvalue weighted by Crippen LogP contribution is 2.35. The zero-order valence-corrected chi connectivity index (χ0v) is 24.2. The topological polar surface area (TPSA) is 56.5 Å². The van der Waals surface area contributed by atoms with Gasteiger partial charge in [0.05, 0.1) is 28.8 Å². The molecule has 0 fully saturated rings. The average Bonchev–Trinajstić information content (AvgIpc) is 3.46. The minimum absolute atomic E-state index is 0.882. The van der Waals surface area contributed by atoms with E-state index >= 15 is 0 Å². The van der Waals surface area contributed by atoms with Crippen LogP contribution in [0.15, 0.2) is 152 Å². The lowest BCUT2D eigenvalue weighted by molar-refractivity contribution is 1.11. The summed E-state index contributed by atoms with van der Waals surface area (Å²) in [5, 5.41) is 7.20. The fourth-order valence-electron chi connectivity index (χ4n) is 6.45. The molecule has 210 valence electrons. The van der Waals surface area contributed by atoms with Crippen molar-refractivity contribution < 1.29 is 0 Å². The molecule has 45 heavy (non-hydrogen) atoms. The maximum atomic E-state index is 5.16. The Morgan fingerprint density at radius 1 is 0.444 bits per heavy atom. The molecular weight excluding hydrogens is 550 g/mol. The second-order valence-electron chi connectivity index (χ2n) is 11.2. The highest BCUT2D eigenvalue weighted by Gasteiger charge is 2.15. The van der Waals surface area contributed by atoms with Crippen molar-refractivity contribution in [2.24, 2.45) is 0 Å². The molecular formula is C40H25N5. The Labute approximate surface area is 259 Å². The van der Waals surface area contributed by atoms with Gasteiger partial charge in [0.15, 0.2) is 0 Å². The van der Waals surface area contributed by atoms with Crippen molar-refractivity contribution in [1.82, 2.24) is 24.5 Å². The van der Waals surface area contributed by atoms with Gasteiger partial charge in [-0.05, 0) is 81.7 Å². The smallest absolute Gasteiger partial charge is 0.145 e. The molecule has 0 N–H and O–H groups in total. The Morgan fingerprint density at radius 2 is 1.20 bits per heavy atom. The van der Waals surface area contributed by atoms with E-state index in [0.717, 1.165) is 55.9 Å². The molecule has 4 aromatic carbocycles. The Hall–Kier alpha value is -6.20. The Balaban J connectivity index is 1.23. The number of hydrogen-bond donors (Lipinski definition) is 0. The van der Waals surface area contributed by atoms with Gasteiger partial charge in [0.25, 0.3) is 0 Å². The summed E-state index contributed by atoms with van der Waals surface area (Å²) in [6, 6.07) is 42.6. The molecule has 5 aromatic heterocycles. The minimum Gasteiger partial charge on any atom is -0.292 e. The van der Waals surface area contributed by atoms with Crippen molar-refractivity contribution in [3.8, 4) is 39.3 Å². The van der Waals surface area contributed by atoms with Crippen LogP contribution in [-0.2, 0) is 0 Å². The SMILES string of the molecule is c1ccc2c(c1)ccc1cc(-c3cc(-c4cncc(-n5c6ccccc6c6cccnc65)c4)cc(-c4ccncc4)n3)ccc12. The van der Waals surface area contributed by atoms with Gasteiger partial charge >= 0.3 is 0 Å². The summed E-state index contributed by atoms with van der Waals surface area (Å²) < 4.78 is 2.20. The second kappa shape index (κ2) is 10.2. The molecule has 0 bridgehead atoms. The van der Waals surface area contributed by atoms with Gasteiger partial charge in [0.2, 0.25) is 0 Å². The molecule has 0 aliphatic heterocycles. The summed E-state index contributed by atoms with van der Waals surface area (Å²) >= 11 is 0. The lowest BCUT2D eigenvalue weighted by Crippen LogP contribution is -1.97. The number of hydrogen-bond acceptors (Lipinski definition) is 4. The molecule has 0 spiro atoms. The van der Waals surface area contributed by atoms with E-state index in [2.05, 4.69) is 113 Å². The maximum Gasteiger partial charge on any atom is 0.145 e.